The molecule has 0 radical (unpaired) electrons. The Kier molecular flexibility index (Phi) is 8.63. The average Bonchev–Trinajstić information content (AvgIpc) is 2.87. The number of carbonyl (C=O) groups is 2. The van der Waals surface area contributed by atoms with Crippen molar-refractivity contribution in [3.63, 3.8) is 0 Å². The van der Waals surface area contributed by atoms with E-state index in [-0.39, 0.29) is 18.4 Å². The van der Waals surface area contributed by atoms with Gasteiger partial charge in [0.05, 0.1) is 24.3 Å². The van der Waals surface area contributed by atoms with Gasteiger partial charge in [-0.2, -0.15) is 5.26 Å². The molecule has 0 saturated heterocycles. The first-order valence-corrected chi connectivity index (χ1v) is 11.1. The van der Waals surface area contributed by atoms with Crippen LogP contribution in [-0.2, 0) is 6.54 Å². The number of para-hydroxylation sites is 1. The second-order valence-electron chi connectivity index (χ2n) is 7.52. The van der Waals surface area contributed by atoms with Gasteiger partial charge >= 0.3 is 0 Å². The molecule has 0 bridgehead atoms. The molecule has 0 spiro atoms. The van der Waals surface area contributed by atoms with Gasteiger partial charge in [0.25, 0.3) is 11.8 Å². The molecule has 0 atom stereocenters. The van der Waals surface area contributed by atoms with Crippen LogP contribution in [0.15, 0.2) is 66.7 Å². The second-order valence-corrected chi connectivity index (χ2v) is 7.93. The summed E-state index contributed by atoms with van der Waals surface area (Å²) in [6.45, 7) is 1.10. The lowest BCUT2D eigenvalue weighted by Crippen LogP contribution is -2.32. The Hall–Kier alpha value is -3.86. The molecule has 7 nitrogen and oxygen atoms in total. The fourth-order valence-corrected chi connectivity index (χ4v) is 3.59. The molecule has 174 valence electrons. The van der Waals surface area contributed by atoms with Crippen LogP contribution < -0.4 is 15.8 Å². The average molecular weight is 477 g/mol. The number of hydrogen-bond donors (Lipinski definition) is 2. The summed E-state index contributed by atoms with van der Waals surface area (Å²) in [5.41, 5.74) is 8.25. The number of hydrogen-bond acceptors (Lipinski definition) is 5. The minimum absolute atomic E-state index is 0.197. The van der Waals surface area contributed by atoms with Crippen molar-refractivity contribution in [1.29, 1.82) is 5.26 Å². The van der Waals surface area contributed by atoms with Gasteiger partial charge in [-0.15, -0.1) is 0 Å². The molecule has 3 aromatic carbocycles. The van der Waals surface area contributed by atoms with E-state index in [0.717, 1.165) is 0 Å². The van der Waals surface area contributed by atoms with Crippen LogP contribution >= 0.6 is 11.6 Å². The molecule has 0 aliphatic rings. The number of ether oxygens (including phenoxy) is 1. The first-order chi connectivity index (χ1) is 16.5. The van der Waals surface area contributed by atoms with Crippen molar-refractivity contribution in [3.8, 4) is 11.8 Å². The highest BCUT2D eigenvalue weighted by atomic mass is 35.5. The van der Waals surface area contributed by atoms with Crippen LogP contribution in [0.4, 0.5) is 5.69 Å². The number of methoxy groups -OCH3 is 1. The summed E-state index contributed by atoms with van der Waals surface area (Å²) in [5, 5.41) is 12.3. The first kappa shape index (κ1) is 24.8. The number of carbonyl (C=O) groups excluding carboxylic acids is 2. The van der Waals surface area contributed by atoms with Gasteiger partial charge in [0, 0.05) is 29.4 Å². The smallest absolute Gasteiger partial charge is 0.259 e. The molecule has 3 N–H and O–H groups in total. The van der Waals surface area contributed by atoms with Gasteiger partial charge < -0.3 is 20.7 Å². The minimum atomic E-state index is -0.320. The molecule has 34 heavy (non-hydrogen) atoms. The Morgan fingerprint density at radius 1 is 1.12 bits per heavy atom. The van der Waals surface area contributed by atoms with Gasteiger partial charge in [-0.3, -0.25) is 9.59 Å². The van der Waals surface area contributed by atoms with Gasteiger partial charge in [0.15, 0.2) is 0 Å². The third-order valence-electron chi connectivity index (χ3n) is 5.20. The number of halogens is 1. The third kappa shape index (κ3) is 6.13. The van der Waals surface area contributed by atoms with Crippen molar-refractivity contribution in [3.05, 3.63) is 94.0 Å². The van der Waals surface area contributed by atoms with Crippen molar-refractivity contribution in [2.24, 2.45) is 5.73 Å². The highest BCUT2D eigenvalue weighted by Crippen LogP contribution is 2.25. The molecule has 0 fully saturated rings. The van der Waals surface area contributed by atoms with Crippen molar-refractivity contribution in [2.75, 3.05) is 25.5 Å². The van der Waals surface area contributed by atoms with Crippen LogP contribution in [-0.4, -0.2) is 36.9 Å². The maximum absolute atomic E-state index is 13.2. The SMILES string of the molecule is COc1ccccc1C(=O)Nc1ccc(Cl)c(CN(CCCN)C(=O)c2ccc(C#N)cc2)c1. The number of anilines is 1. The lowest BCUT2D eigenvalue weighted by molar-refractivity contribution is 0.0742. The maximum atomic E-state index is 13.2. The zero-order valence-electron chi connectivity index (χ0n) is 18.8. The topological polar surface area (TPSA) is 108 Å². The number of nitrogens with two attached hydrogens (primary N) is 1. The summed E-state index contributed by atoms with van der Waals surface area (Å²) in [6, 6.07) is 20.6. The van der Waals surface area contributed by atoms with E-state index in [4.69, 9.17) is 27.3 Å². The number of amides is 2. The minimum Gasteiger partial charge on any atom is -0.496 e. The number of rotatable bonds is 9. The molecule has 0 heterocycles. The van der Waals surface area contributed by atoms with Crippen LogP contribution in [0.1, 0.15) is 38.3 Å². The predicted octanol–water partition coefficient (Wildman–Crippen LogP) is 4.46. The summed E-state index contributed by atoms with van der Waals surface area (Å²) in [6.07, 6.45) is 0.615. The van der Waals surface area contributed by atoms with Gasteiger partial charge in [-0.05, 0) is 73.1 Å². The molecule has 8 heteroatoms. The van der Waals surface area contributed by atoms with Crippen molar-refractivity contribution < 1.29 is 14.3 Å². The summed E-state index contributed by atoms with van der Waals surface area (Å²) < 4.78 is 5.27. The molecular formula is C26H25ClN4O3. The van der Waals surface area contributed by atoms with Gasteiger partial charge in [0.1, 0.15) is 5.75 Å². The van der Waals surface area contributed by atoms with E-state index in [9.17, 15) is 9.59 Å². The van der Waals surface area contributed by atoms with Crippen LogP contribution in [0.25, 0.3) is 0 Å². The van der Waals surface area contributed by atoms with Crippen LogP contribution in [0, 0.1) is 11.3 Å². The van der Waals surface area contributed by atoms with Crippen LogP contribution in [0.5, 0.6) is 5.75 Å². The van der Waals surface area contributed by atoms with Crippen LogP contribution in [0.3, 0.4) is 0 Å². The molecular weight excluding hydrogens is 452 g/mol. The molecule has 0 aromatic heterocycles. The monoisotopic (exact) mass is 476 g/mol. The Balaban J connectivity index is 1.82. The van der Waals surface area contributed by atoms with Gasteiger partial charge in [-0.25, -0.2) is 0 Å². The van der Waals surface area contributed by atoms with Gasteiger partial charge in [0.2, 0.25) is 0 Å². The predicted molar refractivity (Wildman–Crippen MR) is 132 cm³/mol. The molecule has 0 aliphatic carbocycles. The number of nitriles is 1. The van der Waals surface area contributed by atoms with E-state index in [1.165, 1.54) is 7.11 Å². The summed E-state index contributed by atoms with van der Waals surface area (Å²) in [7, 11) is 1.51. The molecule has 0 saturated carbocycles. The number of nitrogens with one attached hydrogen (secondary N) is 1. The molecule has 0 aliphatic heterocycles. The molecule has 3 aromatic rings. The molecule has 3 rings (SSSR count). The number of benzene rings is 3. The lowest BCUT2D eigenvalue weighted by atomic mass is 10.1. The first-order valence-electron chi connectivity index (χ1n) is 10.7. The van der Waals surface area contributed by atoms with Gasteiger partial charge in [-0.1, -0.05) is 23.7 Å². The fourth-order valence-electron chi connectivity index (χ4n) is 3.41. The largest absolute Gasteiger partial charge is 0.496 e. The van der Waals surface area contributed by atoms with E-state index in [0.29, 0.717) is 58.2 Å². The number of nitrogens with zero attached hydrogens (tertiary/aromatic N) is 2. The van der Waals surface area contributed by atoms with E-state index in [2.05, 4.69) is 5.32 Å². The van der Waals surface area contributed by atoms with E-state index >= 15 is 0 Å². The van der Waals surface area contributed by atoms with Crippen molar-refractivity contribution >= 4 is 29.1 Å². The molecule has 2 amide bonds. The Bertz CT molecular complexity index is 1210. The van der Waals surface area contributed by atoms with Crippen molar-refractivity contribution in [2.45, 2.75) is 13.0 Å². The summed E-state index contributed by atoms with van der Waals surface area (Å²) >= 11 is 6.43. The second kappa shape index (κ2) is 11.8. The van der Waals surface area contributed by atoms with Crippen LogP contribution in [0.2, 0.25) is 5.02 Å². The van der Waals surface area contributed by atoms with Crippen molar-refractivity contribution in [1.82, 2.24) is 4.90 Å². The van der Waals surface area contributed by atoms with E-state index in [1.54, 1.807) is 71.6 Å². The zero-order valence-corrected chi connectivity index (χ0v) is 19.5. The summed E-state index contributed by atoms with van der Waals surface area (Å²) in [5.74, 6) is -0.0491. The highest BCUT2D eigenvalue weighted by molar-refractivity contribution is 6.31. The fraction of sp³-hybridized carbons (Fsp3) is 0.192. The standard InChI is InChI=1S/C26H25ClN4O3/c1-34-24-6-3-2-5-22(24)25(32)30-21-11-12-23(27)20(15-21)17-31(14-4-13-28)26(33)19-9-7-18(16-29)8-10-19/h2-3,5-12,15H,4,13-14,17,28H2,1H3,(H,30,32). The third-order valence-corrected chi connectivity index (χ3v) is 5.57. The Morgan fingerprint density at radius 2 is 1.85 bits per heavy atom. The Morgan fingerprint density at radius 3 is 2.53 bits per heavy atom. The lowest BCUT2D eigenvalue weighted by Gasteiger charge is -2.24. The maximum Gasteiger partial charge on any atom is 0.259 e. The summed E-state index contributed by atoms with van der Waals surface area (Å²) in [4.78, 5) is 27.6. The van der Waals surface area contributed by atoms with E-state index in [1.807, 2.05) is 6.07 Å². The highest BCUT2D eigenvalue weighted by Gasteiger charge is 2.18. The zero-order chi connectivity index (χ0) is 24.5. The Labute approximate surface area is 203 Å². The normalized spacial score (nSPS) is 10.3. The molecule has 0 unspecified atom stereocenters. The van der Waals surface area contributed by atoms with E-state index < -0.39 is 0 Å². The quantitative estimate of drug-likeness (QED) is 0.473.